The summed E-state index contributed by atoms with van der Waals surface area (Å²) in [6.07, 6.45) is 8.40. The van der Waals surface area contributed by atoms with Gasteiger partial charge in [0, 0.05) is 12.6 Å². The van der Waals surface area contributed by atoms with E-state index in [-0.39, 0.29) is 0 Å². The summed E-state index contributed by atoms with van der Waals surface area (Å²) < 4.78 is 0. The lowest BCUT2D eigenvalue weighted by molar-refractivity contribution is 0.281. The highest BCUT2D eigenvalue weighted by atomic mass is 14.9. The van der Waals surface area contributed by atoms with Crippen molar-refractivity contribution in [1.29, 1.82) is 0 Å². The fourth-order valence-corrected chi connectivity index (χ4v) is 1.85. The van der Waals surface area contributed by atoms with E-state index >= 15 is 0 Å². The number of hydrogen-bond acceptors (Lipinski definition) is 1. The van der Waals surface area contributed by atoms with Gasteiger partial charge in [-0.1, -0.05) is 40.0 Å². The van der Waals surface area contributed by atoms with Crippen molar-refractivity contribution in [1.82, 2.24) is 5.32 Å². The van der Waals surface area contributed by atoms with Crippen LogP contribution in [0.15, 0.2) is 0 Å². The molecule has 1 aliphatic carbocycles. The number of rotatable bonds is 4. The summed E-state index contributed by atoms with van der Waals surface area (Å²) >= 11 is 0. The zero-order valence-electron chi connectivity index (χ0n) is 9.53. The molecule has 1 heteroatoms. The lowest BCUT2D eigenvalue weighted by atomic mass is 9.88. The predicted molar refractivity (Wildman–Crippen MR) is 58.9 cm³/mol. The van der Waals surface area contributed by atoms with Crippen LogP contribution in [0.5, 0.6) is 0 Å². The maximum Gasteiger partial charge on any atom is 0.00672 e. The Morgan fingerprint density at radius 1 is 1.15 bits per heavy atom. The zero-order chi connectivity index (χ0) is 9.73. The summed E-state index contributed by atoms with van der Waals surface area (Å²) in [4.78, 5) is 0. The fourth-order valence-electron chi connectivity index (χ4n) is 1.85. The third-order valence-electron chi connectivity index (χ3n) is 3.43. The van der Waals surface area contributed by atoms with Crippen LogP contribution in [0.1, 0.15) is 59.3 Å². The SMILES string of the molecule is CCC(C)(C)CNC1CCCCC1. The van der Waals surface area contributed by atoms with Crippen molar-refractivity contribution in [3.8, 4) is 0 Å². The molecule has 0 amide bonds. The first-order valence-electron chi connectivity index (χ1n) is 5.87. The summed E-state index contributed by atoms with van der Waals surface area (Å²) in [5, 5.41) is 3.71. The minimum absolute atomic E-state index is 0.484. The molecule has 78 valence electrons. The molecule has 1 aliphatic rings. The molecule has 1 nitrogen and oxygen atoms in total. The normalized spacial score (nSPS) is 20.5. The summed E-state index contributed by atoms with van der Waals surface area (Å²) in [5.41, 5.74) is 0.484. The van der Waals surface area contributed by atoms with Gasteiger partial charge in [-0.25, -0.2) is 0 Å². The molecule has 1 rings (SSSR count). The van der Waals surface area contributed by atoms with Crippen LogP contribution in [0.2, 0.25) is 0 Å². The third-order valence-corrected chi connectivity index (χ3v) is 3.43. The van der Waals surface area contributed by atoms with Crippen molar-refractivity contribution in [3.05, 3.63) is 0 Å². The molecule has 0 spiro atoms. The average molecular weight is 183 g/mol. The van der Waals surface area contributed by atoms with Gasteiger partial charge in [-0.15, -0.1) is 0 Å². The molecule has 0 saturated heterocycles. The molecule has 0 bridgehead atoms. The molecule has 0 aliphatic heterocycles. The minimum Gasteiger partial charge on any atom is -0.313 e. The van der Waals surface area contributed by atoms with Crippen molar-refractivity contribution in [2.45, 2.75) is 65.3 Å². The molecule has 0 heterocycles. The van der Waals surface area contributed by atoms with E-state index in [0.29, 0.717) is 5.41 Å². The van der Waals surface area contributed by atoms with Crippen LogP contribution in [0, 0.1) is 5.41 Å². The Kier molecular flexibility index (Phi) is 4.24. The van der Waals surface area contributed by atoms with Gasteiger partial charge in [0.05, 0.1) is 0 Å². The highest BCUT2D eigenvalue weighted by molar-refractivity contribution is 4.76. The van der Waals surface area contributed by atoms with Crippen LogP contribution >= 0.6 is 0 Å². The van der Waals surface area contributed by atoms with Crippen molar-refractivity contribution < 1.29 is 0 Å². The van der Waals surface area contributed by atoms with Crippen molar-refractivity contribution >= 4 is 0 Å². The van der Waals surface area contributed by atoms with Crippen LogP contribution in [-0.2, 0) is 0 Å². The molecule has 0 aromatic rings. The molecule has 0 radical (unpaired) electrons. The smallest absolute Gasteiger partial charge is 0.00672 e. The van der Waals surface area contributed by atoms with E-state index in [1.807, 2.05) is 0 Å². The largest absolute Gasteiger partial charge is 0.313 e. The van der Waals surface area contributed by atoms with E-state index in [9.17, 15) is 0 Å². The Bertz CT molecular complexity index is 134. The summed E-state index contributed by atoms with van der Waals surface area (Å²) in [6.45, 7) is 8.17. The first kappa shape index (κ1) is 11.0. The van der Waals surface area contributed by atoms with E-state index in [0.717, 1.165) is 6.04 Å². The molecule has 0 aromatic carbocycles. The Morgan fingerprint density at radius 2 is 1.77 bits per heavy atom. The fraction of sp³-hybridized carbons (Fsp3) is 1.00. The van der Waals surface area contributed by atoms with Gasteiger partial charge in [-0.2, -0.15) is 0 Å². The Hall–Kier alpha value is -0.0400. The van der Waals surface area contributed by atoms with E-state index < -0.39 is 0 Å². The maximum atomic E-state index is 3.71. The van der Waals surface area contributed by atoms with Gasteiger partial charge in [-0.05, 0) is 24.7 Å². The second kappa shape index (κ2) is 4.99. The molecule has 1 N–H and O–H groups in total. The lowest BCUT2D eigenvalue weighted by Gasteiger charge is -2.29. The van der Waals surface area contributed by atoms with Gasteiger partial charge < -0.3 is 5.32 Å². The van der Waals surface area contributed by atoms with Gasteiger partial charge in [0.25, 0.3) is 0 Å². The van der Waals surface area contributed by atoms with Crippen LogP contribution < -0.4 is 5.32 Å². The van der Waals surface area contributed by atoms with Crippen molar-refractivity contribution in [3.63, 3.8) is 0 Å². The zero-order valence-corrected chi connectivity index (χ0v) is 9.53. The van der Waals surface area contributed by atoms with Gasteiger partial charge in [0.2, 0.25) is 0 Å². The lowest BCUT2D eigenvalue weighted by Crippen LogP contribution is -2.37. The Labute approximate surface area is 83.3 Å². The monoisotopic (exact) mass is 183 g/mol. The van der Waals surface area contributed by atoms with Gasteiger partial charge >= 0.3 is 0 Å². The second-order valence-electron chi connectivity index (χ2n) is 5.23. The van der Waals surface area contributed by atoms with Crippen LogP contribution in [-0.4, -0.2) is 12.6 Å². The molecule has 0 unspecified atom stereocenters. The summed E-state index contributed by atoms with van der Waals surface area (Å²) in [5.74, 6) is 0. The Morgan fingerprint density at radius 3 is 2.31 bits per heavy atom. The average Bonchev–Trinajstić information content (AvgIpc) is 2.17. The molecule has 1 saturated carbocycles. The van der Waals surface area contributed by atoms with Gasteiger partial charge in [0.1, 0.15) is 0 Å². The van der Waals surface area contributed by atoms with Crippen LogP contribution in [0.3, 0.4) is 0 Å². The molecular formula is C12H25N. The van der Waals surface area contributed by atoms with Crippen LogP contribution in [0.25, 0.3) is 0 Å². The maximum absolute atomic E-state index is 3.71. The first-order chi connectivity index (χ1) is 6.14. The molecule has 0 atom stereocenters. The molecule has 0 aromatic heterocycles. The summed E-state index contributed by atoms with van der Waals surface area (Å²) in [7, 11) is 0. The standard InChI is InChI=1S/C12H25N/c1-4-12(2,3)10-13-11-8-6-5-7-9-11/h11,13H,4-10H2,1-3H3. The quantitative estimate of drug-likeness (QED) is 0.705. The van der Waals surface area contributed by atoms with Crippen LogP contribution in [0.4, 0.5) is 0 Å². The molecule has 13 heavy (non-hydrogen) atoms. The highest BCUT2D eigenvalue weighted by Gasteiger charge is 2.18. The number of hydrogen-bond donors (Lipinski definition) is 1. The highest BCUT2D eigenvalue weighted by Crippen LogP contribution is 2.21. The second-order valence-corrected chi connectivity index (χ2v) is 5.23. The van der Waals surface area contributed by atoms with Gasteiger partial charge in [0.15, 0.2) is 0 Å². The van der Waals surface area contributed by atoms with E-state index in [4.69, 9.17) is 0 Å². The first-order valence-corrected chi connectivity index (χ1v) is 5.87. The van der Waals surface area contributed by atoms with E-state index in [1.54, 1.807) is 0 Å². The van der Waals surface area contributed by atoms with E-state index in [2.05, 4.69) is 26.1 Å². The number of nitrogens with one attached hydrogen (secondary N) is 1. The predicted octanol–water partition coefficient (Wildman–Crippen LogP) is 3.34. The minimum atomic E-state index is 0.484. The van der Waals surface area contributed by atoms with Gasteiger partial charge in [-0.3, -0.25) is 0 Å². The third kappa shape index (κ3) is 4.12. The van der Waals surface area contributed by atoms with Crippen molar-refractivity contribution in [2.75, 3.05) is 6.54 Å². The van der Waals surface area contributed by atoms with E-state index in [1.165, 1.54) is 45.1 Å². The topological polar surface area (TPSA) is 12.0 Å². The Balaban J connectivity index is 2.17. The summed E-state index contributed by atoms with van der Waals surface area (Å²) in [6, 6.07) is 0.819. The molecule has 1 fully saturated rings. The molecular weight excluding hydrogens is 158 g/mol. The van der Waals surface area contributed by atoms with Crippen molar-refractivity contribution in [2.24, 2.45) is 5.41 Å².